The van der Waals surface area contributed by atoms with Crippen molar-refractivity contribution in [2.45, 2.75) is 56.8 Å². The third-order valence-corrected chi connectivity index (χ3v) is 3.80. The molecule has 0 aliphatic carbocycles. The molecule has 0 aromatic heterocycles. The maximum Gasteiger partial charge on any atom is 0.328 e. The second-order valence-electron chi connectivity index (χ2n) is 6.43. The molecule has 0 spiro atoms. The summed E-state index contributed by atoms with van der Waals surface area (Å²) in [5, 5.41) is 33.2. The van der Waals surface area contributed by atoms with Crippen LogP contribution in [0.25, 0.3) is 0 Å². The minimum absolute atomic E-state index is 0.221. The van der Waals surface area contributed by atoms with Gasteiger partial charge >= 0.3 is 11.9 Å². The van der Waals surface area contributed by atoms with Gasteiger partial charge in [-0.2, -0.15) is 0 Å². The fourth-order valence-corrected chi connectivity index (χ4v) is 2.13. The van der Waals surface area contributed by atoms with Crippen molar-refractivity contribution in [1.29, 1.82) is 0 Å². The van der Waals surface area contributed by atoms with Crippen molar-refractivity contribution >= 4 is 35.6 Å². The molecule has 0 radical (unpaired) electrons. The van der Waals surface area contributed by atoms with E-state index >= 15 is 0 Å². The fourth-order valence-electron chi connectivity index (χ4n) is 2.13. The van der Waals surface area contributed by atoms with E-state index in [1.807, 2.05) is 5.32 Å². The average Bonchev–Trinajstić information content (AvgIpc) is 2.64. The summed E-state index contributed by atoms with van der Waals surface area (Å²) in [6.45, 7) is 0.411. The lowest BCUT2D eigenvalue weighted by Gasteiger charge is -2.24. The number of aliphatic carboxylic acids is 2. The number of hydrogen-bond acceptors (Lipinski definition) is 8. The SMILES string of the molecule is CC(N)C(=O)NC(CCC(N)=O)C(=O)NC(CCC(=O)O)C(=O)NC(CO)C(=O)O. The van der Waals surface area contributed by atoms with E-state index in [9.17, 15) is 28.8 Å². The number of carboxylic acid groups (broad SMARTS) is 2. The van der Waals surface area contributed by atoms with Crippen LogP contribution in [0.15, 0.2) is 0 Å². The van der Waals surface area contributed by atoms with Gasteiger partial charge in [-0.1, -0.05) is 0 Å². The van der Waals surface area contributed by atoms with Crippen LogP contribution >= 0.6 is 0 Å². The van der Waals surface area contributed by atoms with Gasteiger partial charge in [-0.05, 0) is 19.8 Å². The van der Waals surface area contributed by atoms with Gasteiger partial charge in [0, 0.05) is 12.8 Å². The number of rotatable bonds is 14. The molecule has 0 aliphatic heterocycles. The highest BCUT2D eigenvalue weighted by Gasteiger charge is 2.30. The fraction of sp³-hybridized carbons (Fsp3) is 0.625. The van der Waals surface area contributed by atoms with Crippen LogP contribution in [-0.2, 0) is 28.8 Å². The Morgan fingerprint density at radius 2 is 1.23 bits per heavy atom. The second kappa shape index (κ2) is 13.1. The van der Waals surface area contributed by atoms with Gasteiger partial charge in [0.15, 0.2) is 0 Å². The number of carboxylic acids is 2. The number of amides is 4. The Bertz CT molecular complexity index is 667. The maximum absolute atomic E-state index is 12.6. The Kier molecular flexibility index (Phi) is 11.6. The number of aliphatic hydroxyl groups excluding tert-OH is 1. The molecule has 10 N–H and O–H groups in total. The standard InChI is InChI=1S/C16H27N5O9/c1-7(17)13(26)19-8(2-4-11(18)23)14(27)20-9(3-5-12(24)25)15(28)21-10(6-22)16(29)30/h7-10,22H,2-6,17H2,1H3,(H2,18,23)(H,19,26)(H,20,27)(H,21,28)(H,24,25)(H,29,30). The van der Waals surface area contributed by atoms with Gasteiger partial charge in [-0.25, -0.2) is 4.79 Å². The minimum atomic E-state index is -1.68. The first-order valence-corrected chi connectivity index (χ1v) is 8.89. The van der Waals surface area contributed by atoms with Crippen LogP contribution in [0.4, 0.5) is 0 Å². The number of hydrogen-bond donors (Lipinski definition) is 8. The van der Waals surface area contributed by atoms with E-state index in [4.69, 9.17) is 26.8 Å². The minimum Gasteiger partial charge on any atom is -0.481 e. The van der Waals surface area contributed by atoms with Crippen LogP contribution in [0, 0.1) is 0 Å². The Morgan fingerprint density at radius 3 is 1.60 bits per heavy atom. The molecule has 0 heterocycles. The summed E-state index contributed by atoms with van der Waals surface area (Å²) in [5.74, 6) is -6.30. The number of aliphatic hydroxyl groups is 1. The van der Waals surface area contributed by atoms with Gasteiger partial charge in [0.05, 0.1) is 12.6 Å². The zero-order valence-electron chi connectivity index (χ0n) is 16.3. The lowest BCUT2D eigenvalue weighted by atomic mass is 10.1. The molecule has 4 amide bonds. The highest BCUT2D eigenvalue weighted by molar-refractivity contribution is 5.94. The van der Waals surface area contributed by atoms with Crippen molar-refractivity contribution in [3.8, 4) is 0 Å². The Balaban J connectivity index is 5.43. The van der Waals surface area contributed by atoms with Crippen molar-refractivity contribution in [2.75, 3.05) is 6.61 Å². The summed E-state index contributed by atoms with van der Waals surface area (Å²) in [5.41, 5.74) is 10.5. The molecule has 0 fully saturated rings. The lowest BCUT2D eigenvalue weighted by molar-refractivity contribution is -0.144. The highest BCUT2D eigenvalue weighted by Crippen LogP contribution is 2.04. The molecular weight excluding hydrogens is 406 g/mol. The third-order valence-electron chi connectivity index (χ3n) is 3.80. The molecule has 0 bridgehead atoms. The van der Waals surface area contributed by atoms with Crippen molar-refractivity contribution < 1.29 is 44.1 Å². The van der Waals surface area contributed by atoms with Gasteiger partial charge in [0.2, 0.25) is 23.6 Å². The van der Waals surface area contributed by atoms with Gasteiger partial charge in [0.25, 0.3) is 0 Å². The molecule has 0 aliphatic rings. The molecule has 4 unspecified atom stereocenters. The van der Waals surface area contributed by atoms with Crippen LogP contribution in [0.2, 0.25) is 0 Å². The Hall–Kier alpha value is -3.26. The summed E-state index contributed by atoms with van der Waals surface area (Å²) >= 11 is 0. The van der Waals surface area contributed by atoms with Crippen LogP contribution < -0.4 is 27.4 Å². The number of carbonyl (C=O) groups excluding carboxylic acids is 4. The predicted molar refractivity (Wildman–Crippen MR) is 99.5 cm³/mol. The molecule has 0 aromatic carbocycles. The van der Waals surface area contributed by atoms with Gasteiger partial charge in [0.1, 0.15) is 18.1 Å². The number of nitrogens with two attached hydrogens (primary N) is 2. The zero-order valence-corrected chi connectivity index (χ0v) is 16.3. The predicted octanol–water partition coefficient (Wildman–Crippen LogP) is -4.00. The molecule has 14 heteroatoms. The van der Waals surface area contributed by atoms with Crippen molar-refractivity contribution in [1.82, 2.24) is 16.0 Å². The summed E-state index contributed by atoms with van der Waals surface area (Å²) in [4.78, 5) is 69.5. The van der Waals surface area contributed by atoms with E-state index in [1.165, 1.54) is 6.92 Å². The second-order valence-corrected chi connectivity index (χ2v) is 6.43. The Morgan fingerprint density at radius 1 is 0.800 bits per heavy atom. The van der Waals surface area contributed by atoms with Crippen molar-refractivity contribution in [2.24, 2.45) is 11.5 Å². The molecule has 0 rings (SSSR count). The largest absolute Gasteiger partial charge is 0.481 e. The highest BCUT2D eigenvalue weighted by atomic mass is 16.4. The van der Waals surface area contributed by atoms with Crippen LogP contribution in [-0.4, -0.2) is 81.7 Å². The van der Waals surface area contributed by atoms with E-state index in [0.29, 0.717) is 0 Å². The molecule has 0 saturated heterocycles. The van der Waals surface area contributed by atoms with Crippen LogP contribution in [0.5, 0.6) is 0 Å². The van der Waals surface area contributed by atoms with E-state index in [-0.39, 0.29) is 12.8 Å². The van der Waals surface area contributed by atoms with Crippen LogP contribution in [0.1, 0.15) is 32.6 Å². The number of nitrogens with one attached hydrogen (secondary N) is 3. The Labute approximate surface area is 171 Å². The first-order valence-electron chi connectivity index (χ1n) is 8.89. The smallest absolute Gasteiger partial charge is 0.328 e. The van der Waals surface area contributed by atoms with Gasteiger partial charge in [-0.15, -0.1) is 0 Å². The van der Waals surface area contributed by atoms with Crippen molar-refractivity contribution in [3.63, 3.8) is 0 Å². The molecular formula is C16H27N5O9. The molecule has 4 atom stereocenters. The lowest BCUT2D eigenvalue weighted by Crippen LogP contribution is -2.57. The molecule has 170 valence electrons. The van der Waals surface area contributed by atoms with Gasteiger partial charge < -0.3 is 42.7 Å². The topological polar surface area (TPSA) is 251 Å². The number of carbonyl (C=O) groups is 6. The van der Waals surface area contributed by atoms with Crippen molar-refractivity contribution in [3.05, 3.63) is 0 Å². The summed E-state index contributed by atoms with van der Waals surface area (Å²) < 4.78 is 0. The first kappa shape index (κ1) is 26.7. The molecule has 0 aromatic rings. The summed E-state index contributed by atoms with van der Waals surface area (Å²) in [6, 6.07) is -5.47. The zero-order chi connectivity index (χ0) is 23.4. The molecule has 0 saturated carbocycles. The molecule has 30 heavy (non-hydrogen) atoms. The van der Waals surface area contributed by atoms with E-state index in [2.05, 4.69) is 10.6 Å². The van der Waals surface area contributed by atoms with Gasteiger partial charge in [-0.3, -0.25) is 24.0 Å². The normalized spacial score (nSPS) is 14.5. The number of primary amides is 1. The maximum atomic E-state index is 12.6. The summed E-state index contributed by atoms with van der Waals surface area (Å²) in [7, 11) is 0. The summed E-state index contributed by atoms with van der Waals surface area (Å²) in [6.07, 6.45) is -1.46. The first-order chi connectivity index (χ1) is 13.9. The quantitative estimate of drug-likeness (QED) is 0.132. The third kappa shape index (κ3) is 10.3. The van der Waals surface area contributed by atoms with E-state index < -0.39 is 79.2 Å². The monoisotopic (exact) mass is 433 g/mol. The molecule has 14 nitrogen and oxygen atoms in total. The average molecular weight is 433 g/mol. The van der Waals surface area contributed by atoms with E-state index in [1.54, 1.807) is 0 Å². The van der Waals surface area contributed by atoms with Crippen LogP contribution in [0.3, 0.4) is 0 Å². The van der Waals surface area contributed by atoms with E-state index in [0.717, 1.165) is 0 Å².